The van der Waals surface area contributed by atoms with Crippen LogP contribution in [0.3, 0.4) is 0 Å². The van der Waals surface area contributed by atoms with Crippen LogP contribution in [-0.2, 0) is 41.5 Å². The van der Waals surface area contributed by atoms with Crippen LogP contribution in [0.15, 0.2) is 48.5 Å². The monoisotopic (exact) mass is 530 g/mol. The Hall–Kier alpha value is -4.16. The van der Waals surface area contributed by atoms with Crippen LogP contribution in [0.25, 0.3) is 0 Å². The number of esters is 2. The van der Waals surface area contributed by atoms with Crippen LogP contribution in [0.2, 0.25) is 0 Å². The van der Waals surface area contributed by atoms with Gasteiger partial charge >= 0.3 is 11.9 Å². The second kappa shape index (κ2) is 17.3. The van der Waals surface area contributed by atoms with Gasteiger partial charge in [-0.15, -0.1) is 0 Å². The molecule has 2 rings (SSSR count). The van der Waals surface area contributed by atoms with Gasteiger partial charge < -0.3 is 43.0 Å². The van der Waals surface area contributed by atoms with Gasteiger partial charge in [0, 0.05) is 37.6 Å². The summed E-state index contributed by atoms with van der Waals surface area (Å²) in [5.41, 5.74) is 24.8. The number of nitrogens with one attached hydrogen (secondary N) is 2. The quantitative estimate of drug-likeness (QED) is 0.116. The molecule has 0 aliphatic carbocycles. The van der Waals surface area contributed by atoms with E-state index < -0.39 is 23.8 Å². The summed E-state index contributed by atoms with van der Waals surface area (Å²) in [7, 11) is 2.47. The number of nitrogen functional groups attached to an aromatic ring is 2. The maximum absolute atomic E-state index is 12.1. The summed E-state index contributed by atoms with van der Waals surface area (Å²) >= 11 is 0. The highest BCUT2D eigenvalue weighted by molar-refractivity contribution is 6.00. The number of carbonyl (C=O) groups is 4. The molecule has 0 aliphatic heterocycles. The van der Waals surface area contributed by atoms with E-state index in [0.29, 0.717) is 44.0 Å². The average molecular weight is 531 g/mol. The average Bonchev–Trinajstić information content (AvgIpc) is 2.93. The summed E-state index contributed by atoms with van der Waals surface area (Å²) in [5, 5.41) is 5.28. The van der Waals surface area contributed by atoms with Crippen molar-refractivity contribution in [2.75, 3.05) is 51.9 Å². The third-order valence-corrected chi connectivity index (χ3v) is 5.33. The smallest absolute Gasteiger partial charge is 0.320 e. The standard InChI is InChI=1S/C14H23N5O2.C12H15NO4/c15-5-7-18-13(20)12(14(21)19-8-6-16)9-10-1-3-11(17)4-2-10;1-16-11(14)10(12(15)17-2)7-8-3-5-9(13)6-4-8/h1-4,12H,5-9,15-17H2,(H,18,20)(H,19,21);3-6,10H,7,13H2,1-2H3. The zero-order valence-electron chi connectivity index (χ0n) is 21.8. The summed E-state index contributed by atoms with van der Waals surface area (Å²) in [6.07, 6.45) is 0.534. The third-order valence-electron chi connectivity index (χ3n) is 5.33. The summed E-state index contributed by atoms with van der Waals surface area (Å²) < 4.78 is 9.13. The molecule has 0 radical (unpaired) electrons. The van der Waals surface area contributed by atoms with Crippen LogP contribution in [0.1, 0.15) is 11.1 Å². The first-order chi connectivity index (χ1) is 18.2. The van der Waals surface area contributed by atoms with Crippen LogP contribution in [-0.4, -0.2) is 64.2 Å². The minimum atomic E-state index is -0.936. The molecule has 2 aromatic carbocycles. The molecule has 12 nitrogen and oxygen atoms in total. The van der Waals surface area contributed by atoms with E-state index in [9.17, 15) is 19.2 Å². The lowest BCUT2D eigenvalue weighted by Gasteiger charge is -2.16. The molecular weight excluding hydrogens is 492 g/mol. The number of hydrogen-bond acceptors (Lipinski definition) is 10. The molecule has 0 aromatic heterocycles. The molecule has 38 heavy (non-hydrogen) atoms. The number of nitrogens with two attached hydrogens (primary N) is 4. The van der Waals surface area contributed by atoms with Crippen LogP contribution in [0, 0.1) is 11.8 Å². The molecule has 0 spiro atoms. The summed E-state index contributed by atoms with van der Waals surface area (Å²) in [5.74, 6) is -3.64. The number of anilines is 2. The fraction of sp³-hybridized carbons (Fsp3) is 0.385. The second-order valence-corrected chi connectivity index (χ2v) is 8.20. The predicted molar refractivity (Wildman–Crippen MR) is 144 cm³/mol. The van der Waals surface area contributed by atoms with Crippen molar-refractivity contribution in [3.05, 3.63) is 59.7 Å². The Balaban J connectivity index is 0.000000389. The first-order valence-electron chi connectivity index (χ1n) is 12.0. The van der Waals surface area contributed by atoms with E-state index in [0.717, 1.165) is 11.1 Å². The Bertz CT molecular complexity index is 994. The van der Waals surface area contributed by atoms with Gasteiger partial charge in [0.25, 0.3) is 0 Å². The molecule has 0 saturated carbocycles. The lowest BCUT2D eigenvalue weighted by molar-refractivity contribution is -0.158. The molecule has 0 unspecified atom stereocenters. The molecular formula is C26H38N6O6. The minimum absolute atomic E-state index is 0.236. The van der Waals surface area contributed by atoms with Crippen molar-refractivity contribution >= 4 is 35.1 Å². The molecule has 0 atom stereocenters. The normalized spacial score (nSPS) is 10.3. The highest BCUT2D eigenvalue weighted by Gasteiger charge is 2.29. The lowest BCUT2D eigenvalue weighted by atomic mass is 9.97. The van der Waals surface area contributed by atoms with E-state index in [-0.39, 0.29) is 18.2 Å². The van der Waals surface area contributed by atoms with Crippen molar-refractivity contribution in [1.29, 1.82) is 0 Å². The van der Waals surface area contributed by atoms with E-state index in [1.165, 1.54) is 14.2 Å². The maximum atomic E-state index is 12.1. The van der Waals surface area contributed by atoms with Gasteiger partial charge in [0.1, 0.15) is 5.92 Å². The van der Waals surface area contributed by atoms with Gasteiger partial charge in [0.2, 0.25) is 11.8 Å². The Morgan fingerprint density at radius 2 is 1.00 bits per heavy atom. The third kappa shape index (κ3) is 11.3. The molecule has 0 fully saturated rings. The minimum Gasteiger partial charge on any atom is -0.468 e. The van der Waals surface area contributed by atoms with E-state index in [1.807, 2.05) is 0 Å². The molecule has 0 bridgehead atoms. The fourth-order valence-electron chi connectivity index (χ4n) is 3.27. The topological polar surface area (TPSA) is 215 Å². The summed E-state index contributed by atoms with van der Waals surface area (Å²) in [6, 6.07) is 14.0. The molecule has 0 aliphatic rings. The van der Waals surface area contributed by atoms with Gasteiger partial charge in [0.15, 0.2) is 5.92 Å². The number of rotatable bonds is 12. The van der Waals surface area contributed by atoms with E-state index >= 15 is 0 Å². The van der Waals surface area contributed by atoms with Crippen molar-refractivity contribution in [1.82, 2.24) is 10.6 Å². The number of ether oxygens (including phenoxy) is 2. The second-order valence-electron chi connectivity index (χ2n) is 8.20. The fourth-order valence-corrected chi connectivity index (χ4v) is 3.27. The zero-order valence-corrected chi connectivity index (χ0v) is 21.8. The number of methoxy groups -OCH3 is 2. The Morgan fingerprint density at radius 1 is 0.658 bits per heavy atom. The van der Waals surface area contributed by atoms with Crippen molar-refractivity contribution < 1.29 is 28.7 Å². The van der Waals surface area contributed by atoms with Gasteiger partial charge in [-0.1, -0.05) is 24.3 Å². The number of hydrogen-bond donors (Lipinski definition) is 6. The predicted octanol–water partition coefficient (Wildman–Crippen LogP) is -0.649. The summed E-state index contributed by atoms with van der Waals surface area (Å²) in [4.78, 5) is 47.1. The highest BCUT2D eigenvalue weighted by atomic mass is 16.5. The van der Waals surface area contributed by atoms with Gasteiger partial charge in [0.05, 0.1) is 14.2 Å². The number of amides is 2. The molecule has 10 N–H and O–H groups in total. The van der Waals surface area contributed by atoms with Crippen molar-refractivity contribution in [3.63, 3.8) is 0 Å². The molecule has 2 aromatic rings. The molecule has 0 saturated heterocycles. The molecule has 0 heterocycles. The molecule has 12 heteroatoms. The van der Waals surface area contributed by atoms with Gasteiger partial charge in [-0.25, -0.2) is 0 Å². The summed E-state index contributed by atoms with van der Waals surface area (Å²) in [6.45, 7) is 1.32. The van der Waals surface area contributed by atoms with Crippen LogP contribution < -0.4 is 33.6 Å². The van der Waals surface area contributed by atoms with Gasteiger partial charge in [-0.3, -0.25) is 19.2 Å². The lowest BCUT2D eigenvalue weighted by Crippen LogP contribution is -2.44. The number of benzene rings is 2. The van der Waals surface area contributed by atoms with Gasteiger partial charge in [-0.05, 0) is 48.2 Å². The van der Waals surface area contributed by atoms with Crippen molar-refractivity contribution in [2.45, 2.75) is 12.8 Å². The molecule has 2 amide bonds. The SMILES string of the molecule is COC(=O)C(Cc1ccc(N)cc1)C(=O)OC.NCCNC(=O)C(Cc1ccc(N)cc1)C(=O)NCCN. The van der Waals surface area contributed by atoms with E-state index in [2.05, 4.69) is 20.1 Å². The molecule has 208 valence electrons. The van der Waals surface area contributed by atoms with E-state index in [1.54, 1.807) is 48.5 Å². The van der Waals surface area contributed by atoms with Crippen LogP contribution in [0.4, 0.5) is 11.4 Å². The Labute approximate surface area is 222 Å². The maximum Gasteiger partial charge on any atom is 0.320 e. The first-order valence-corrected chi connectivity index (χ1v) is 12.0. The first kappa shape index (κ1) is 31.9. The zero-order chi connectivity index (χ0) is 28.5. The van der Waals surface area contributed by atoms with Crippen molar-refractivity contribution in [2.24, 2.45) is 23.3 Å². The van der Waals surface area contributed by atoms with Gasteiger partial charge in [-0.2, -0.15) is 0 Å². The highest BCUT2D eigenvalue weighted by Crippen LogP contribution is 2.14. The van der Waals surface area contributed by atoms with Crippen molar-refractivity contribution in [3.8, 4) is 0 Å². The Kier molecular flexibility index (Phi) is 14.5. The van der Waals surface area contributed by atoms with Crippen LogP contribution >= 0.6 is 0 Å². The Morgan fingerprint density at radius 3 is 1.32 bits per heavy atom. The van der Waals surface area contributed by atoms with Crippen LogP contribution in [0.5, 0.6) is 0 Å². The largest absolute Gasteiger partial charge is 0.468 e. The van der Waals surface area contributed by atoms with E-state index in [4.69, 9.17) is 22.9 Å². The number of carbonyl (C=O) groups excluding carboxylic acids is 4.